The van der Waals surface area contributed by atoms with Gasteiger partial charge in [-0.1, -0.05) is 0 Å². The van der Waals surface area contributed by atoms with E-state index in [4.69, 9.17) is 14.6 Å². The molecule has 1 aromatic carbocycles. The van der Waals surface area contributed by atoms with Crippen molar-refractivity contribution in [2.75, 3.05) is 14.2 Å². The summed E-state index contributed by atoms with van der Waals surface area (Å²) < 4.78 is 10.2. The van der Waals surface area contributed by atoms with Crippen molar-refractivity contribution < 1.29 is 29.3 Å². The molecule has 0 spiro atoms. The van der Waals surface area contributed by atoms with E-state index in [9.17, 15) is 14.7 Å². The van der Waals surface area contributed by atoms with Crippen LogP contribution in [-0.2, 0) is 10.2 Å². The number of ether oxygens (including phenoxy) is 2. The molecule has 0 unspecified atom stereocenters. The van der Waals surface area contributed by atoms with Gasteiger partial charge in [-0.05, 0) is 30.5 Å². The molecule has 0 aliphatic heterocycles. The fraction of sp³-hybridized carbons (Fsp3) is 0.429. The topological polar surface area (TPSA) is 93.1 Å². The van der Waals surface area contributed by atoms with Gasteiger partial charge in [0.2, 0.25) is 0 Å². The monoisotopic (exact) mass is 280 g/mol. The normalized spacial score (nSPS) is 15.5. The number of hydrogen-bond donors (Lipinski definition) is 2. The Labute approximate surface area is 115 Å². The first-order valence-electron chi connectivity index (χ1n) is 6.15. The summed E-state index contributed by atoms with van der Waals surface area (Å²) in [6, 6.07) is 3.15. The number of aromatic carboxylic acids is 1. The van der Waals surface area contributed by atoms with E-state index in [-0.39, 0.29) is 17.7 Å². The molecule has 0 aromatic heterocycles. The van der Waals surface area contributed by atoms with Gasteiger partial charge in [-0.25, -0.2) is 4.79 Å². The summed E-state index contributed by atoms with van der Waals surface area (Å²) in [6.45, 7) is 0. The van der Waals surface area contributed by atoms with E-state index in [0.29, 0.717) is 11.3 Å². The second-order valence-electron chi connectivity index (χ2n) is 4.92. The van der Waals surface area contributed by atoms with Crippen LogP contribution in [0, 0.1) is 0 Å². The van der Waals surface area contributed by atoms with Gasteiger partial charge in [0.15, 0.2) is 11.5 Å². The SMILES string of the molecule is COc1cc(C2(CC(=O)O)CC2)cc(C(=O)O)c1OC. The molecule has 1 aliphatic carbocycles. The minimum atomic E-state index is -1.13. The van der Waals surface area contributed by atoms with E-state index < -0.39 is 17.4 Å². The van der Waals surface area contributed by atoms with Crippen molar-refractivity contribution in [2.45, 2.75) is 24.7 Å². The predicted octanol–water partition coefficient (Wildman–Crippen LogP) is 1.91. The van der Waals surface area contributed by atoms with E-state index in [0.717, 1.165) is 12.8 Å². The van der Waals surface area contributed by atoms with Crippen LogP contribution in [0.3, 0.4) is 0 Å². The highest BCUT2D eigenvalue weighted by Gasteiger charge is 2.46. The molecule has 20 heavy (non-hydrogen) atoms. The molecule has 0 atom stereocenters. The molecular formula is C14H16O6. The molecule has 0 radical (unpaired) electrons. The summed E-state index contributed by atoms with van der Waals surface area (Å²) in [5.41, 5.74) is 0.184. The Morgan fingerprint density at radius 3 is 2.25 bits per heavy atom. The van der Waals surface area contributed by atoms with Crippen LogP contribution in [0.25, 0.3) is 0 Å². The molecule has 2 N–H and O–H groups in total. The molecule has 6 heteroatoms. The Morgan fingerprint density at radius 1 is 1.20 bits per heavy atom. The predicted molar refractivity (Wildman–Crippen MR) is 69.7 cm³/mol. The third kappa shape index (κ3) is 2.41. The summed E-state index contributed by atoms with van der Waals surface area (Å²) in [4.78, 5) is 22.3. The number of methoxy groups -OCH3 is 2. The van der Waals surface area contributed by atoms with Gasteiger partial charge in [-0.15, -0.1) is 0 Å². The van der Waals surface area contributed by atoms with Crippen LogP contribution in [0.4, 0.5) is 0 Å². The summed E-state index contributed by atoms with van der Waals surface area (Å²) in [7, 11) is 2.79. The van der Waals surface area contributed by atoms with Crippen LogP contribution < -0.4 is 9.47 Å². The quantitative estimate of drug-likeness (QED) is 0.826. The van der Waals surface area contributed by atoms with Gasteiger partial charge >= 0.3 is 11.9 Å². The first kappa shape index (κ1) is 14.2. The number of carboxylic acids is 2. The summed E-state index contributed by atoms with van der Waals surface area (Å²) in [5, 5.41) is 18.2. The van der Waals surface area contributed by atoms with Crippen LogP contribution in [-0.4, -0.2) is 36.4 Å². The maximum absolute atomic E-state index is 11.3. The number of aliphatic carboxylic acids is 1. The average Bonchev–Trinajstić information content (AvgIpc) is 3.16. The maximum atomic E-state index is 11.3. The highest BCUT2D eigenvalue weighted by Crippen LogP contribution is 2.53. The van der Waals surface area contributed by atoms with Crippen LogP contribution in [0.2, 0.25) is 0 Å². The van der Waals surface area contributed by atoms with Crippen LogP contribution in [0.15, 0.2) is 12.1 Å². The van der Waals surface area contributed by atoms with Gasteiger partial charge in [0, 0.05) is 5.41 Å². The zero-order chi connectivity index (χ0) is 14.9. The molecule has 2 rings (SSSR count). The first-order chi connectivity index (χ1) is 9.43. The number of rotatable bonds is 6. The van der Waals surface area contributed by atoms with E-state index in [2.05, 4.69) is 0 Å². The zero-order valence-corrected chi connectivity index (χ0v) is 11.3. The second kappa shape index (κ2) is 5.03. The van der Waals surface area contributed by atoms with Crippen LogP contribution in [0.1, 0.15) is 35.2 Å². The molecule has 1 aliphatic rings. The second-order valence-corrected chi connectivity index (χ2v) is 4.92. The van der Waals surface area contributed by atoms with Gasteiger partial charge in [-0.3, -0.25) is 4.79 Å². The third-order valence-electron chi connectivity index (χ3n) is 3.66. The summed E-state index contributed by atoms with van der Waals surface area (Å²) in [5.74, 6) is -1.57. The molecule has 6 nitrogen and oxygen atoms in total. The number of benzene rings is 1. The van der Waals surface area contributed by atoms with E-state index in [1.165, 1.54) is 20.3 Å². The highest BCUT2D eigenvalue weighted by atomic mass is 16.5. The minimum Gasteiger partial charge on any atom is -0.493 e. The smallest absolute Gasteiger partial charge is 0.339 e. The first-order valence-corrected chi connectivity index (χ1v) is 6.15. The maximum Gasteiger partial charge on any atom is 0.339 e. The van der Waals surface area contributed by atoms with Gasteiger partial charge in [-0.2, -0.15) is 0 Å². The molecule has 108 valence electrons. The largest absolute Gasteiger partial charge is 0.493 e. The van der Waals surface area contributed by atoms with E-state index in [1.807, 2.05) is 0 Å². The Balaban J connectivity index is 2.53. The Morgan fingerprint density at radius 2 is 1.85 bits per heavy atom. The summed E-state index contributed by atoms with van der Waals surface area (Å²) in [6.07, 6.45) is 1.45. The molecule has 1 aromatic rings. The minimum absolute atomic E-state index is 0.0124. The van der Waals surface area contributed by atoms with E-state index >= 15 is 0 Å². The van der Waals surface area contributed by atoms with Crippen molar-refractivity contribution in [2.24, 2.45) is 0 Å². The molecule has 0 saturated heterocycles. The van der Waals surface area contributed by atoms with Crippen molar-refractivity contribution in [1.82, 2.24) is 0 Å². The Kier molecular flexibility index (Phi) is 3.57. The molecular weight excluding hydrogens is 264 g/mol. The number of carboxylic acid groups (broad SMARTS) is 2. The van der Waals surface area contributed by atoms with Crippen LogP contribution >= 0.6 is 0 Å². The van der Waals surface area contributed by atoms with Gasteiger partial charge < -0.3 is 19.7 Å². The lowest BCUT2D eigenvalue weighted by molar-refractivity contribution is -0.137. The van der Waals surface area contributed by atoms with Crippen molar-refractivity contribution in [3.63, 3.8) is 0 Å². The van der Waals surface area contributed by atoms with Crippen molar-refractivity contribution in [3.05, 3.63) is 23.3 Å². The van der Waals surface area contributed by atoms with Crippen molar-refractivity contribution >= 4 is 11.9 Å². The standard InChI is InChI=1S/C14H16O6/c1-19-10-6-8(14(3-4-14)7-11(15)16)5-9(13(17)18)12(10)20-2/h5-6H,3-4,7H2,1-2H3,(H,15,16)(H,17,18). The highest BCUT2D eigenvalue weighted by molar-refractivity contribution is 5.92. The Bertz CT molecular complexity index is 559. The lowest BCUT2D eigenvalue weighted by Crippen LogP contribution is -2.14. The average molecular weight is 280 g/mol. The van der Waals surface area contributed by atoms with Crippen molar-refractivity contribution in [1.29, 1.82) is 0 Å². The lowest BCUT2D eigenvalue weighted by atomic mass is 9.90. The Hall–Kier alpha value is -2.24. The summed E-state index contributed by atoms with van der Waals surface area (Å²) >= 11 is 0. The zero-order valence-electron chi connectivity index (χ0n) is 11.3. The fourth-order valence-corrected chi connectivity index (χ4v) is 2.44. The van der Waals surface area contributed by atoms with Crippen molar-refractivity contribution in [3.8, 4) is 11.5 Å². The molecule has 1 saturated carbocycles. The van der Waals surface area contributed by atoms with Gasteiger partial charge in [0.1, 0.15) is 5.56 Å². The lowest BCUT2D eigenvalue weighted by Gasteiger charge is -2.18. The number of carbonyl (C=O) groups is 2. The fourth-order valence-electron chi connectivity index (χ4n) is 2.44. The van der Waals surface area contributed by atoms with E-state index in [1.54, 1.807) is 6.07 Å². The molecule has 0 amide bonds. The van der Waals surface area contributed by atoms with Gasteiger partial charge in [0.25, 0.3) is 0 Å². The number of hydrogen-bond acceptors (Lipinski definition) is 4. The van der Waals surface area contributed by atoms with Crippen LogP contribution in [0.5, 0.6) is 11.5 Å². The molecule has 1 fully saturated rings. The van der Waals surface area contributed by atoms with Gasteiger partial charge in [0.05, 0.1) is 20.6 Å². The molecule has 0 bridgehead atoms. The molecule has 0 heterocycles. The third-order valence-corrected chi connectivity index (χ3v) is 3.66.